The van der Waals surface area contributed by atoms with Gasteiger partial charge in [0.2, 0.25) is 0 Å². The molecule has 0 aliphatic rings. The minimum absolute atomic E-state index is 0.0814. The van der Waals surface area contributed by atoms with Crippen LogP contribution in [0.3, 0.4) is 0 Å². The van der Waals surface area contributed by atoms with Crippen LogP contribution in [0.25, 0.3) is 0 Å². The molecule has 0 radical (unpaired) electrons. The van der Waals surface area contributed by atoms with Gasteiger partial charge in [-0.1, -0.05) is 90.9 Å². The predicted molar refractivity (Wildman–Crippen MR) is 109 cm³/mol. The second kappa shape index (κ2) is 18.2. The highest BCUT2D eigenvalue weighted by atomic mass is 32.2. The van der Waals surface area contributed by atoms with Gasteiger partial charge in [0.25, 0.3) is 20.2 Å². The molecule has 0 fully saturated rings. The average molecular weight is 417 g/mol. The molecule has 0 saturated carbocycles. The van der Waals surface area contributed by atoms with E-state index in [1.165, 1.54) is 51.4 Å². The van der Waals surface area contributed by atoms with Crippen LogP contribution < -0.4 is 0 Å². The lowest BCUT2D eigenvalue weighted by Gasteiger charge is -2.00. The maximum Gasteiger partial charge on any atom is 0.264 e. The normalized spacial score (nSPS) is 11.8. The lowest BCUT2D eigenvalue weighted by molar-refractivity contribution is 0.476. The van der Waals surface area contributed by atoms with E-state index in [9.17, 15) is 16.8 Å². The summed E-state index contributed by atoms with van der Waals surface area (Å²) < 4.78 is 58.1. The molecule has 0 aliphatic heterocycles. The van der Waals surface area contributed by atoms with Crippen molar-refractivity contribution in [1.82, 2.24) is 0 Å². The first kappa shape index (κ1) is 28.0. The summed E-state index contributed by atoms with van der Waals surface area (Å²) in [4.78, 5) is 0. The molecule has 0 heterocycles. The van der Waals surface area contributed by atoms with Crippen LogP contribution in [0.15, 0.2) is 0 Å². The smallest absolute Gasteiger partial charge is 0.264 e. The maximum absolute atomic E-state index is 10.4. The fourth-order valence-corrected chi connectivity index (χ4v) is 3.62. The highest BCUT2D eigenvalue weighted by Crippen LogP contribution is 2.08. The van der Waals surface area contributed by atoms with Crippen LogP contribution in [0.2, 0.25) is 0 Å². The van der Waals surface area contributed by atoms with E-state index in [2.05, 4.69) is 13.8 Å². The van der Waals surface area contributed by atoms with E-state index < -0.39 is 20.2 Å². The Hall–Kier alpha value is -0.180. The summed E-state index contributed by atoms with van der Waals surface area (Å²) in [5, 5.41) is 0. The van der Waals surface area contributed by atoms with Crippen molar-refractivity contribution in [3.63, 3.8) is 0 Å². The van der Waals surface area contributed by atoms with Gasteiger partial charge in [0.05, 0.1) is 11.5 Å². The van der Waals surface area contributed by atoms with E-state index in [0.717, 1.165) is 25.7 Å². The zero-order valence-corrected chi connectivity index (χ0v) is 18.3. The summed E-state index contributed by atoms with van der Waals surface area (Å²) in [5.74, 6) is -0.166. The first-order valence-corrected chi connectivity index (χ1v) is 13.2. The van der Waals surface area contributed by atoms with Gasteiger partial charge in [0.15, 0.2) is 0 Å². The zero-order valence-electron chi connectivity index (χ0n) is 16.7. The molecule has 0 rings (SSSR count). The van der Waals surface area contributed by atoms with Crippen molar-refractivity contribution < 1.29 is 25.9 Å². The Balaban J connectivity index is 0. The SMILES string of the molecule is CCCCCCCCCCS(=O)(=O)O.CCCCCCCCS(=O)(=O)O. The molecular formula is C18H40O6S2. The second-order valence-electron chi connectivity index (χ2n) is 6.81. The molecule has 0 aromatic heterocycles. The fraction of sp³-hybridized carbons (Fsp3) is 1.00. The van der Waals surface area contributed by atoms with E-state index in [4.69, 9.17) is 9.11 Å². The highest BCUT2D eigenvalue weighted by molar-refractivity contribution is 7.86. The first-order valence-electron chi connectivity index (χ1n) is 10.0. The minimum atomic E-state index is -3.73. The fourth-order valence-electron chi connectivity index (χ4n) is 2.48. The number of hydrogen-bond donors (Lipinski definition) is 2. The van der Waals surface area contributed by atoms with Gasteiger partial charge in [-0.3, -0.25) is 9.11 Å². The average Bonchev–Trinajstić information content (AvgIpc) is 2.52. The van der Waals surface area contributed by atoms with Crippen LogP contribution in [0, 0.1) is 0 Å². The highest BCUT2D eigenvalue weighted by Gasteiger charge is 2.03. The lowest BCUT2D eigenvalue weighted by atomic mass is 10.1. The van der Waals surface area contributed by atoms with Crippen LogP contribution in [0.4, 0.5) is 0 Å². The number of hydrogen-bond acceptors (Lipinski definition) is 4. The van der Waals surface area contributed by atoms with E-state index in [1.807, 2.05) is 0 Å². The Morgan fingerprint density at radius 1 is 0.462 bits per heavy atom. The third-order valence-corrected chi connectivity index (χ3v) is 5.62. The van der Waals surface area contributed by atoms with Crippen molar-refractivity contribution in [3.05, 3.63) is 0 Å². The molecule has 2 N–H and O–H groups in total. The van der Waals surface area contributed by atoms with Gasteiger partial charge < -0.3 is 0 Å². The van der Waals surface area contributed by atoms with Gasteiger partial charge >= 0.3 is 0 Å². The van der Waals surface area contributed by atoms with Crippen LogP contribution in [-0.2, 0) is 20.2 Å². The molecular weight excluding hydrogens is 376 g/mol. The Morgan fingerprint density at radius 3 is 0.923 bits per heavy atom. The Morgan fingerprint density at radius 2 is 0.692 bits per heavy atom. The van der Waals surface area contributed by atoms with Gasteiger partial charge in [-0.05, 0) is 12.8 Å². The molecule has 0 amide bonds. The molecule has 0 aromatic rings. The monoisotopic (exact) mass is 416 g/mol. The molecule has 0 saturated heterocycles. The molecule has 0 aromatic carbocycles. The molecule has 0 spiro atoms. The van der Waals surface area contributed by atoms with Crippen LogP contribution in [0.5, 0.6) is 0 Å². The number of rotatable bonds is 16. The van der Waals surface area contributed by atoms with Crippen molar-refractivity contribution in [3.8, 4) is 0 Å². The Bertz CT molecular complexity index is 486. The second-order valence-corrected chi connectivity index (χ2v) is 9.96. The minimum Gasteiger partial charge on any atom is -0.286 e. The molecule has 0 atom stereocenters. The largest absolute Gasteiger partial charge is 0.286 e. The van der Waals surface area contributed by atoms with Crippen molar-refractivity contribution >= 4 is 20.2 Å². The maximum atomic E-state index is 10.4. The summed E-state index contributed by atoms with van der Waals surface area (Å²) in [5.41, 5.74) is 0. The zero-order chi connectivity index (χ0) is 20.3. The van der Waals surface area contributed by atoms with E-state index >= 15 is 0 Å². The van der Waals surface area contributed by atoms with E-state index in [1.54, 1.807) is 0 Å². The van der Waals surface area contributed by atoms with Gasteiger partial charge in [-0.15, -0.1) is 0 Å². The lowest BCUT2D eigenvalue weighted by Crippen LogP contribution is -2.03. The molecule has 6 nitrogen and oxygen atoms in total. The predicted octanol–water partition coefficient (Wildman–Crippen LogP) is 5.25. The van der Waals surface area contributed by atoms with E-state index in [0.29, 0.717) is 12.8 Å². The summed E-state index contributed by atoms with van der Waals surface area (Å²) in [6.07, 6.45) is 15.0. The Labute approximate surface area is 161 Å². The molecule has 0 aliphatic carbocycles. The number of unbranched alkanes of at least 4 members (excludes halogenated alkanes) is 12. The van der Waals surface area contributed by atoms with Gasteiger partial charge in [0.1, 0.15) is 0 Å². The third kappa shape index (κ3) is 31.6. The summed E-state index contributed by atoms with van der Waals surface area (Å²) in [6.45, 7) is 4.32. The van der Waals surface area contributed by atoms with Crippen molar-refractivity contribution in [2.45, 2.75) is 104 Å². The van der Waals surface area contributed by atoms with Crippen molar-refractivity contribution in [2.24, 2.45) is 0 Å². The van der Waals surface area contributed by atoms with Crippen LogP contribution in [-0.4, -0.2) is 37.4 Å². The van der Waals surface area contributed by atoms with Crippen LogP contribution >= 0.6 is 0 Å². The standard InChI is InChI=1S/C10H22O3S.C8H18O3S/c1-2-3-4-5-6-7-8-9-10-14(11,12)13;1-2-3-4-5-6-7-8-12(9,10)11/h2-10H2,1H3,(H,11,12,13);2-8H2,1H3,(H,9,10,11). The Kier molecular flexibility index (Phi) is 19.6. The van der Waals surface area contributed by atoms with Crippen molar-refractivity contribution in [1.29, 1.82) is 0 Å². The third-order valence-electron chi connectivity index (χ3n) is 4.01. The van der Waals surface area contributed by atoms with Gasteiger partial charge in [-0.25, -0.2) is 0 Å². The van der Waals surface area contributed by atoms with Crippen LogP contribution in [0.1, 0.15) is 104 Å². The first-order chi connectivity index (χ1) is 12.1. The quantitative estimate of drug-likeness (QED) is 0.263. The van der Waals surface area contributed by atoms with Gasteiger partial charge in [-0.2, -0.15) is 16.8 Å². The van der Waals surface area contributed by atoms with Crippen molar-refractivity contribution in [2.75, 3.05) is 11.5 Å². The van der Waals surface area contributed by atoms with Gasteiger partial charge in [0, 0.05) is 0 Å². The molecule has 0 unspecified atom stereocenters. The summed E-state index contributed by atoms with van der Waals surface area (Å²) in [6, 6.07) is 0. The molecule has 160 valence electrons. The molecule has 26 heavy (non-hydrogen) atoms. The topological polar surface area (TPSA) is 109 Å². The summed E-state index contributed by atoms with van der Waals surface area (Å²) in [7, 11) is -7.44. The molecule has 0 bridgehead atoms. The molecule has 8 heteroatoms. The van der Waals surface area contributed by atoms with E-state index in [-0.39, 0.29) is 11.5 Å². The summed E-state index contributed by atoms with van der Waals surface area (Å²) >= 11 is 0.